The van der Waals surface area contributed by atoms with Crippen molar-refractivity contribution < 1.29 is 0 Å². The van der Waals surface area contributed by atoms with Crippen molar-refractivity contribution in [1.29, 1.82) is 0 Å². The molecular formula is C52H44N2O. The maximum absolute atomic E-state index is 15.3. The van der Waals surface area contributed by atoms with E-state index in [0.29, 0.717) is 0 Å². The number of fused-ring (bicyclic) bond motifs is 7. The molecule has 0 saturated heterocycles. The molecule has 0 atom stereocenters. The van der Waals surface area contributed by atoms with Crippen molar-refractivity contribution in [3.05, 3.63) is 130 Å². The summed E-state index contributed by atoms with van der Waals surface area (Å²) in [6.07, 6.45) is 9.91. The summed E-state index contributed by atoms with van der Waals surface area (Å²) < 4.78 is 1.94. The van der Waals surface area contributed by atoms with Crippen molar-refractivity contribution in [2.75, 3.05) is 0 Å². The van der Waals surface area contributed by atoms with Gasteiger partial charge < -0.3 is 0 Å². The van der Waals surface area contributed by atoms with Gasteiger partial charge in [0.15, 0.2) is 0 Å². The largest absolute Gasteiger partial charge is 0.268 e. The Morgan fingerprint density at radius 2 is 1.04 bits per heavy atom. The Balaban J connectivity index is 1.37. The molecule has 3 heteroatoms. The second-order valence-corrected chi connectivity index (χ2v) is 16.0. The van der Waals surface area contributed by atoms with Gasteiger partial charge in [-0.05, 0) is 156 Å². The molecule has 0 fully saturated rings. The van der Waals surface area contributed by atoms with Crippen LogP contribution < -0.4 is 5.56 Å². The monoisotopic (exact) mass is 712 g/mol. The van der Waals surface area contributed by atoms with Gasteiger partial charge in [0, 0.05) is 5.39 Å². The molecule has 0 N–H and O–H groups in total. The molecule has 55 heavy (non-hydrogen) atoms. The van der Waals surface area contributed by atoms with Crippen LogP contribution in [0.15, 0.2) is 108 Å². The number of nitrogens with zero attached hydrogens (tertiary/aromatic N) is 2. The van der Waals surface area contributed by atoms with Gasteiger partial charge in [0.1, 0.15) is 5.65 Å². The number of unbranched alkanes of at least 4 members (excludes halogenated alkanes) is 3. The van der Waals surface area contributed by atoms with E-state index in [-0.39, 0.29) is 5.56 Å². The summed E-state index contributed by atoms with van der Waals surface area (Å²) in [7, 11) is 0. The molecular weight excluding hydrogens is 669 g/mol. The Morgan fingerprint density at radius 3 is 1.64 bits per heavy atom. The molecule has 0 saturated carbocycles. The van der Waals surface area contributed by atoms with Crippen LogP contribution in [0, 0.1) is 0 Å². The number of hydrogen-bond donors (Lipinski definition) is 0. The van der Waals surface area contributed by atoms with Gasteiger partial charge in [-0.1, -0.05) is 119 Å². The fraction of sp³-hybridized carbons (Fsp3) is 0.231. The Kier molecular flexibility index (Phi) is 7.33. The first-order chi connectivity index (χ1) is 27.1. The van der Waals surface area contributed by atoms with Crippen molar-refractivity contribution in [3.63, 3.8) is 0 Å². The molecule has 11 rings (SSSR count). The predicted molar refractivity (Wildman–Crippen MR) is 235 cm³/mol. The zero-order chi connectivity index (χ0) is 36.9. The SMILES string of the molecule is CCCCc1ccc2nc3c4c5cc(-c6ccccc6CCCC)c6ccc7ccc8c(-c9ccccc9CCCC)cc(c4c(=O)n3c2c1)c1c8c7c6c51. The zero-order valence-electron chi connectivity index (χ0n) is 32.0. The minimum atomic E-state index is 0.0414. The van der Waals surface area contributed by atoms with Crippen LogP contribution in [0.2, 0.25) is 0 Å². The van der Waals surface area contributed by atoms with Crippen molar-refractivity contribution >= 4 is 81.3 Å². The highest BCUT2D eigenvalue weighted by Gasteiger charge is 2.30. The van der Waals surface area contributed by atoms with E-state index >= 15 is 4.79 Å². The van der Waals surface area contributed by atoms with Gasteiger partial charge in [-0.2, -0.15) is 0 Å². The van der Waals surface area contributed by atoms with Gasteiger partial charge in [0.25, 0.3) is 5.56 Å². The third kappa shape index (κ3) is 4.50. The molecule has 9 aromatic carbocycles. The van der Waals surface area contributed by atoms with Gasteiger partial charge in [-0.3, -0.25) is 9.20 Å². The normalized spacial score (nSPS) is 12.6. The molecule has 0 aliphatic heterocycles. The lowest BCUT2D eigenvalue weighted by atomic mass is 9.87. The molecule has 11 aromatic rings. The summed E-state index contributed by atoms with van der Waals surface area (Å²) >= 11 is 0. The van der Waals surface area contributed by atoms with Crippen LogP contribution in [0.3, 0.4) is 0 Å². The van der Waals surface area contributed by atoms with Gasteiger partial charge in [0.2, 0.25) is 0 Å². The predicted octanol–water partition coefficient (Wildman–Crippen LogP) is 13.9. The topological polar surface area (TPSA) is 34.4 Å². The van der Waals surface area contributed by atoms with E-state index in [4.69, 9.17) is 4.98 Å². The fourth-order valence-electron chi connectivity index (χ4n) is 10.2. The van der Waals surface area contributed by atoms with Gasteiger partial charge in [-0.15, -0.1) is 0 Å². The second-order valence-electron chi connectivity index (χ2n) is 16.0. The zero-order valence-corrected chi connectivity index (χ0v) is 32.0. The van der Waals surface area contributed by atoms with Crippen LogP contribution in [-0.2, 0) is 19.3 Å². The van der Waals surface area contributed by atoms with E-state index in [1.165, 1.54) is 82.0 Å². The lowest BCUT2D eigenvalue weighted by molar-refractivity contribution is 0.795. The van der Waals surface area contributed by atoms with Crippen molar-refractivity contribution in [1.82, 2.24) is 9.38 Å². The standard InChI is InChI=1S/C52H44N2O/c1-4-7-14-30-21-26-42-43(27-30)54-51(53-42)49-40-28-38(34-19-12-10-17-31(34)15-8-5-2)36-24-22-33-23-25-37-39(35-20-13-11-18-32(35)16-9-6-3)29-41(50(49)52(54)55)48-46(37)44(33)45(36)47(40)48/h10-13,17-29H,4-9,14-16H2,1-3H3. The van der Waals surface area contributed by atoms with Crippen LogP contribution in [0.5, 0.6) is 0 Å². The summed E-state index contributed by atoms with van der Waals surface area (Å²) in [4.78, 5) is 20.7. The summed E-state index contributed by atoms with van der Waals surface area (Å²) in [6.45, 7) is 6.77. The average molecular weight is 713 g/mol. The Bertz CT molecular complexity index is 3290. The number of imidazole rings is 1. The van der Waals surface area contributed by atoms with E-state index < -0.39 is 0 Å². The first kappa shape index (κ1) is 32.6. The van der Waals surface area contributed by atoms with Crippen LogP contribution >= 0.6 is 0 Å². The van der Waals surface area contributed by atoms with Crippen molar-refractivity contribution in [3.8, 4) is 22.3 Å². The van der Waals surface area contributed by atoms with Gasteiger partial charge in [0.05, 0.1) is 16.4 Å². The van der Waals surface area contributed by atoms with E-state index in [1.807, 2.05) is 4.40 Å². The molecule has 0 radical (unpaired) electrons. The lowest BCUT2D eigenvalue weighted by Crippen LogP contribution is -2.06. The van der Waals surface area contributed by atoms with E-state index in [2.05, 4.69) is 124 Å². The summed E-state index contributed by atoms with van der Waals surface area (Å²) in [5.74, 6) is 0. The fourth-order valence-corrected chi connectivity index (χ4v) is 10.2. The minimum absolute atomic E-state index is 0.0414. The highest BCUT2D eigenvalue weighted by Crippen LogP contribution is 2.55. The number of benzene rings is 8. The smallest absolute Gasteiger partial charge is 0.265 e. The third-order valence-electron chi connectivity index (χ3n) is 12.8. The van der Waals surface area contributed by atoms with E-state index in [0.717, 1.165) is 96.0 Å². The van der Waals surface area contributed by atoms with Crippen LogP contribution in [-0.4, -0.2) is 9.38 Å². The number of hydrogen-bond acceptors (Lipinski definition) is 2. The molecule has 3 nitrogen and oxygen atoms in total. The number of rotatable bonds is 11. The summed E-state index contributed by atoms with van der Waals surface area (Å²) in [6, 6.07) is 38.6. The highest BCUT2D eigenvalue weighted by atomic mass is 16.1. The molecule has 0 spiro atoms. The molecule has 0 amide bonds. The van der Waals surface area contributed by atoms with E-state index in [1.54, 1.807) is 0 Å². The summed E-state index contributed by atoms with van der Waals surface area (Å²) in [5.41, 5.74) is 11.7. The second kappa shape index (κ2) is 12.4. The average Bonchev–Trinajstić information content (AvgIpc) is 3.88. The van der Waals surface area contributed by atoms with Gasteiger partial charge in [-0.25, -0.2) is 4.98 Å². The van der Waals surface area contributed by atoms with Crippen molar-refractivity contribution in [2.45, 2.75) is 78.6 Å². The first-order valence-corrected chi connectivity index (χ1v) is 20.6. The highest BCUT2D eigenvalue weighted by molar-refractivity contribution is 6.50. The first-order valence-electron chi connectivity index (χ1n) is 20.6. The molecule has 0 unspecified atom stereocenters. The maximum Gasteiger partial charge on any atom is 0.265 e. The molecule has 0 bridgehead atoms. The number of aromatic nitrogens is 2. The summed E-state index contributed by atoms with van der Waals surface area (Å²) in [5, 5.41) is 14.3. The minimum Gasteiger partial charge on any atom is -0.268 e. The molecule has 2 heterocycles. The molecule has 2 aromatic heterocycles. The van der Waals surface area contributed by atoms with Crippen molar-refractivity contribution in [2.24, 2.45) is 0 Å². The van der Waals surface area contributed by atoms with Crippen LogP contribution in [0.4, 0.5) is 0 Å². The molecule has 0 aliphatic rings. The molecule has 0 aliphatic carbocycles. The Hall–Kier alpha value is -5.80. The Labute approximate surface area is 320 Å². The number of aryl methyl sites for hydroxylation is 3. The third-order valence-corrected chi connectivity index (χ3v) is 12.8. The maximum atomic E-state index is 15.3. The Morgan fingerprint density at radius 1 is 0.491 bits per heavy atom. The van der Waals surface area contributed by atoms with Crippen LogP contribution in [0.1, 0.15) is 76.0 Å². The molecule has 268 valence electrons. The van der Waals surface area contributed by atoms with Gasteiger partial charge >= 0.3 is 0 Å². The quantitative estimate of drug-likeness (QED) is 0.125. The van der Waals surface area contributed by atoms with E-state index in [9.17, 15) is 0 Å². The van der Waals surface area contributed by atoms with Crippen LogP contribution in [0.25, 0.3) is 104 Å². The lowest BCUT2D eigenvalue weighted by Gasteiger charge is -2.16.